The van der Waals surface area contributed by atoms with Crippen LogP contribution in [0.5, 0.6) is 0 Å². The minimum absolute atomic E-state index is 0.0290. The van der Waals surface area contributed by atoms with Crippen molar-refractivity contribution in [3.63, 3.8) is 0 Å². The number of nitrogens with one attached hydrogen (secondary N) is 1. The number of hydrogen-bond donors (Lipinski definition) is 2. The number of ether oxygens (including phenoxy) is 2. The van der Waals surface area contributed by atoms with Crippen molar-refractivity contribution in [3.8, 4) is 0 Å². The lowest BCUT2D eigenvalue weighted by atomic mass is 9.90. The molecular formula is C16H28N2O4S. The van der Waals surface area contributed by atoms with E-state index < -0.39 is 5.60 Å². The Balaban J connectivity index is 1.57. The summed E-state index contributed by atoms with van der Waals surface area (Å²) in [4.78, 5) is 14.4. The fraction of sp³-hybridized carbons (Fsp3) is 0.938. The van der Waals surface area contributed by atoms with Gasteiger partial charge in [-0.05, 0) is 38.9 Å². The standard InChI is InChI=1S/C16H28N2O4S/c1-15(2)10-18(8-13(9-19)22-15)14(20)17-12-3-5-21-16(7-12)4-6-23-11-16/h12-13,19H,3-11H2,1-2H3,(H,17,20). The molecule has 0 saturated carbocycles. The van der Waals surface area contributed by atoms with Crippen molar-refractivity contribution < 1.29 is 19.4 Å². The maximum Gasteiger partial charge on any atom is 0.317 e. The van der Waals surface area contributed by atoms with Crippen LogP contribution in [0.15, 0.2) is 0 Å². The Labute approximate surface area is 142 Å². The Morgan fingerprint density at radius 1 is 1.48 bits per heavy atom. The Morgan fingerprint density at radius 3 is 3.00 bits per heavy atom. The van der Waals surface area contributed by atoms with Gasteiger partial charge in [0.1, 0.15) is 0 Å². The first-order chi connectivity index (χ1) is 10.9. The van der Waals surface area contributed by atoms with Crippen LogP contribution >= 0.6 is 11.8 Å². The number of aliphatic hydroxyl groups excluding tert-OH is 1. The van der Waals surface area contributed by atoms with Gasteiger partial charge >= 0.3 is 6.03 Å². The molecule has 0 aromatic rings. The normalized spacial score (nSPS) is 37.1. The highest BCUT2D eigenvalue weighted by Crippen LogP contribution is 2.38. The van der Waals surface area contributed by atoms with Gasteiger partial charge in [0, 0.05) is 18.4 Å². The second kappa shape index (κ2) is 6.78. The van der Waals surface area contributed by atoms with Gasteiger partial charge in [0.2, 0.25) is 0 Å². The van der Waals surface area contributed by atoms with Gasteiger partial charge in [-0.2, -0.15) is 11.8 Å². The highest BCUT2D eigenvalue weighted by Gasteiger charge is 2.42. The lowest BCUT2D eigenvalue weighted by Crippen LogP contribution is -2.59. The quantitative estimate of drug-likeness (QED) is 0.788. The van der Waals surface area contributed by atoms with Crippen LogP contribution in [0.25, 0.3) is 0 Å². The summed E-state index contributed by atoms with van der Waals surface area (Å²) < 4.78 is 11.8. The van der Waals surface area contributed by atoms with E-state index in [-0.39, 0.29) is 30.4 Å². The number of morpholine rings is 1. The second-order valence-electron chi connectivity index (χ2n) is 7.54. The van der Waals surface area contributed by atoms with Gasteiger partial charge in [-0.25, -0.2) is 4.79 Å². The Hall–Kier alpha value is -0.500. The third-order valence-electron chi connectivity index (χ3n) is 4.86. The SMILES string of the molecule is CC1(C)CN(C(=O)NC2CCOC3(CCSC3)C2)CC(CO)O1. The smallest absolute Gasteiger partial charge is 0.317 e. The lowest BCUT2D eigenvalue weighted by Gasteiger charge is -2.43. The minimum Gasteiger partial charge on any atom is -0.394 e. The maximum absolute atomic E-state index is 12.7. The number of amides is 2. The molecule has 0 aliphatic carbocycles. The van der Waals surface area contributed by atoms with Gasteiger partial charge in [-0.3, -0.25) is 0 Å². The van der Waals surface area contributed by atoms with Crippen molar-refractivity contribution in [2.45, 2.75) is 56.5 Å². The molecule has 3 fully saturated rings. The maximum atomic E-state index is 12.7. The van der Waals surface area contributed by atoms with E-state index in [0.29, 0.717) is 13.1 Å². The van der Waals surface area contributed by atoms with Crippen LogP contribution in [0.3, 0.4) is 0 Å². The van der Waals surface area contributed by atoms with Gasteiger partial charge in [-0.15, -0.1) is 0 Å². The van der Waals surface area contributed by atoms with Crippen LogP contribution in [0.2, 0.25) is 0 Å². The number of nitrogens with zero attached hydrogens (tertiary/aromatic N) is 1. The summed E-state index contributed by atoms with van der Waals surface area (Å²) in [5.74, 6) is 2.19. The van der Waals surface area contributed by atoms with E-state index in [9.17, 15) is 9.90 Å². The van der Waals surface area contributed by atoms with Crippen LogP contribution in [0, 0.1) is 0 Å². The van der Waals surface area contributed by atoms with E-state index in [1.54, 1.807) is 4.90 Å². The summed E-state index contributed by atoms with van der Waals surface area (Å²) in [6, 6.07) is 0.126. The van der Waals surface area contributed by atoms with E-state index in [0.717, 1.165) is 37.4 Å². The molecule has 132 valence electrons. The molecule has 3 unspecified atom stereocenters. The molecule has 3 aliphatic rings. The molecule has 0 aromatic heterocycles. The highest BCUT2D eigenvalue weighted by atomic mass is 32.2. The molecule has 0 bridgehead atoms. The van der Waals surface area contributed by atoms with E-state index in [1.807, 2.05) is 25.6 Å². The molecule has 0 aromatic carbocycles. The van der Waals surface area contributed by atoms with E-state index in [1.165, 1.54) is 0 Å². The van der Waals surface area contributed by atoms with Crippen LogP contribution < -0.4 is 5.32 Å². The first-order valence-corrected chi connectivity index (χ1v) is 9.63. The second-order valence-corrected chi connectivity index (χ2v) is 8.64. The summed E-state index contributed by atoms with van der Waals surface area (Å²) in [7, 11) is 0. The number of urea groups is 1. The zero-order valence-corrected chi connectivity index (χ0v) is 14.9. The number of aliphatic hydroxyl groups is 1. The molecule has 6 nitrogen and oxygen atoms in total. The van der Waals surface area contributed by atoms with Gasteiger partial charge < -0.3 is 24.8 Å². The fourth-order valence-electron chi connectivity index (χ4n) is 3.83. The van der Waals surface area contributed by atoms with Crippen LogP contribution in [-0.2, 0) is 9.47 Å². The summed E-state index contributed by atoms with van der Waals surface area (Å²) in [6.45, 7) is 5.54. The summed E-state index contributed by atoms with van der Waals surface area (Å²) in [5, 5.41) is 12.6. The molecule has 0 radical (unpaired) electrons. The van der Waals surface area contributed by atoms with Gasteiger partial charge in [0.05, 0.1) is 37.0 Å². The predicted octanol–water partition coefficient (Wildman–Crippen LogP) is 1.22. The lowest BCUT2D eigenvalue weighted by molar-refractivity contribution is -0.138. The number of carbonyl (C=O) groups is 1. The first kappa shape index (κ1) is 17.3. The summed E-state index contributed by atoms with van der Waals surface area (Å²) in [6.07, 6.45) is 2.55. The molecule has 2 amide bonds. The summed E-state index contributed by atoms with van der Waals surface area (Å²) >= 11 is 1.94. The van der Waals surface area contributed by atoms with Gasteiger partial charge in [0.25, 0.3) is 0 Å². The highest BCUT2D eigenvalue weighted by molar-refractivity contribution is 7.99. The zero-order chi connectivity index (χ0) is 16.5. The van der Waals surface area contributed by atoms with Crippen molar-refractivity contribution in [1.82, 2.24) is 10.2 Å². The monoisotopic (exact) mass is 344 g/mol. The first-order valence-electron chi connectivity index (χ1n) is 8.47. The Morgan fingerprint density at radius 2 is 2.30 bits per heavy atom. The van der Waals surface area contributed by atoms with E-state index in [2.05, 4.69) is 5.32 Å². The molecule has 3 aliphatic heterocycles. The molecule has 7 heteroatoms. The molecular weight excluding hydrogens is 316 g/mol. The molecule has 3 heterocycles. The largest absolute Gasteiger partial charge is 0.394 e. The minimum atomic E-state index is -0.429. The third-order valence-corrected chi connectivity index (χ3v) is 6.08. The molecule has 3 rings (SSSR count). The zero-order valence-electron chi connectivity index (χ0n) is 14.0. The average Bonchev–Trinajstić information content (AvgIpc) is 2.93. The number of hydrogen-bond acceptors (Lipinski definition) is 5. The molecule has 3 saturated heterocycles. The topological polar surface area (TPSA) is 71.0 Å². The Kier molecular flexibility index (Phi) is 5.11. The Bertz CT molecular complexity index is 440. The van der Waals surface area contributed by atoms with Crippen molar-refractivity contribution >= 4 is 17.8 Å². The van der Waals surface area contributed by atoms with Gasteiger partial charge in [-0.1, -0.05) is 0 Å². The van der Waals surface area contributed by atoms with E-state index in [4.69, 9.17) is 9.47 Å². The number of rotatable bonds is 2. The van der Waals surface area contributed by atoms with Gasteiger partial charge in [0.15, 0.2) is 0 Å². The third kappa shape index (κ3) is 4.13. The fourth-order valence-corrected chi connectivity index (χ4v) is 5.20. The van der Waals surface area contributed by atoms with Crippen molar-refractivity contribution in [3.05, 3.63) is 0 Å². The molecule has 3 atom stereocenters. The average molecular weight is 344 g/mol. The van der Waals surface area contributed by atoms with E-state index >= 15 is 0 Å². The van der Waals surface area contributed by atoms with Crippen LogP contribution in [-0.4, -0.2) is 77.2 Å². The number of carbonyl (C=O) groups excluding carboxylic acids is 1. The van der Waals surface area contributed by atoms with Crippen LogP contribution in [0.1, 0.15) is 33.1 Å². The predicted molar refractivity (Wildman–Crippen MR) is 89.8 cm³/mol. The van der Waals surface area contributed by atoms with Crippen molar-refractivity contribution in [1.29, 1.82) is 0 Å². The van der Waals surface area contributed by atoms with Crippen molar-refractivity contribution in [2.24, 2.45) is 0 Å². The molecule has 1 spiro atoms. The van der Waals surface area contributed by atoms with Crippen LogP contribution in [0.4, 0.5) is 4.79 Å². The molecule has 23 heavy (non-hydrogen) atoms. The number of thioether (sulfide) groups is 1. The summed E-state index contributed by atoms with van der Waals surface area (Å²) in [5.41, 5.74) is -0.458. The van der Waals surface area contributed by atoms with Crippen molar-refractivity contribution in [2.75, 3.05) is 37.8 Å². The molecule has 2 N–H and O–H groups in total.